The van der Waals surface area contributed by atoms with Gasteiger partial charge in [-0.25, -0.2) is 0 Å². The van der Waals surface area contributed by atoms with Gasteiger partial charge < -0.3 is 15.5 Å². The van der Waals surface area contributed by atoms with E-state index in [-0.39, 0.29) is 5.91 Å². The van der Waals surface area contributed by atoms with Gasteiger partial charge in [0.05, 0.1) is 22.9 Å². The summed E-state index contributed by atoms with van der Waals surface area (Å²) in [5, 5.41) is 6.87. The number of hydrogen-bond donors (Lipinski definition) is 2. The molecule has 5 heteroatoms. The van der Waals surface area contributed by atoms with Crippen LogP contribution in [0.4, 0.5) is 11.4 Å². The van der Waals surface area contributed by atoms with Gasteiger partial charge in [-0.05, 0) is 25.0 Å². The molecule has 0 radical (unpaired) electrons. The molecule has 1 amide bonds. The van der Waals surface area contributed by atoms with Gasteiger partial charge in [0.2, 0.25) is 5.91 Å². The second-order valence-corrected chi connectivity index (χ2v) is 5.85. The Morgan fingerprint density at radius 2 is 2.05 bits per heavy atom. The number of benzene rings is 1. The number of nitrogens with zero attached hydrogens (tertiary/aromatic N) is 1. The molecule has 1 fully saturated rings. The van der Waals surface area contributed by atoms with Crippen molar-refractivity contribution in [3.05, 3.63) is 23.2 Å². The number of hydrogen-bond acceptors (Lipinski definition) is 3. The molecule has 0 saturated heterocycles. The first-order valence-electron chi connectivity index (χ1n) is 7.07. The highest BCUT2D eigenvalue weighted by Gasteiger charge is 2.16. The smallest absolute Gasteiger partial charge is 0.238 e. The lowest BCUT2D eigenvalue weighted by atomic mass is 10.2. The minimum absolute atomic E-state index is 0.0257. The van der Waals surface area contributed by atoms with Crippen molar-refractivity contribution in [2.75, 3.05) is 30.9 Å². The molecule has 0 bridgehead atoms. The highest BCUT2D eigenvalue weighted by molar-refractivity contribution is 6.34. The Balaban J connectivity index is 1.95. The van der Waals surface area contributed by atoms with E-state index in [1.165, 1.54) is 25.7 Å². The molecule has 20 heavy (non-hydrogen) atoms. The third-order valence-corrected chi connectivity index (χ3v) is 3.92. The number of halogens is 1. The number of carbonyl (C=O) groups excluding carboxylic acids is 1. The van der Waals surface area contributed by atoms with Crippen molar-refractivity contribution in [3.8, 4) is 0 Å². The van der Waals surface area contributed by atoms with Gasteiger partial charge in [-0.15, -0.1) is 0 Å². The zero-order valence-electron chi connectivity index (χ0n) is 12.1. The first-order chi connectivity index (χ1) is 9.58. The molecule has 0 unspecified atom stereocenters. The van der Waals surface area contributed by atoms with Crippen LogP contribution in [-0.2, 0) is 4.79 Å². The van der Waals surface area contributed by atoms with Crippen molar-refractivity contribution in [1.29, 1.82) is 0 Å². The predicted octanol–water partition coefficient (Wildman–Crippen LogP) is 2.88. The molecule has 0 atom stereocenters. The fourth-order valence-electron chi connectivity index (χ4n) is 2.63. The van der Waals surface area contributed by atoms with Gasteiger partial charge in [-0.1, -0.05) is 30.5 Å². The van der Waals surface area contributed by atoms with Gasteiger partial charge in [0.15, 0.2) is 0 Å². The van der Waals surface area contributed by atoms with Crippen LogP contribution >= 0.6 is 11.6 Å². The van der Waals surface area contributed by atoms with E-state index in [4.69, 9.17) is 11.6 Å². The molecule has 1 aliphatic rings. The second-order valence-electron chi connectivity index (χ2n) is 5.44. The minimum Gasteiger partial charge on any atom is -0.375 e. The average molecular weight is 296 g/mol. The lowest BCUT2D eigenvalue weighted by Gasteiger charge is -2.20. The van der Waals surface area contributed by atoms with Gasteiger partial charge in [0.1, 0.15) is 0 Å². The third-order valence-electron chi connectivity index (χ3n) is 3.61. The molecular weight excluding hydrogens is 274 g/mol. The molecule has 0 aliphatic heterocycles. The number of nitrogens with one attached hydrogen (secondary N) is 2. The maximum absolute atomic E-state index is 12.0. The van der Waals surface area contributed by atoms with Gasteiger partial charge in [-0.3, -0.25) is 4.79 Å². The molecule has 1 aromatic rings. The summed E-state index contributed by atoms with van der Waals surface area (Å²) in [4.78, 5) is 13.9. The predicted molar refractivity (Wildman–Crippen MR) is 84.7 cm³/mol. The molecule has 1 aromatic carbocycles. The lowest BCUT2D eigenvalue weighted by molar-refractivity contribution is -0.115. The summed E-state index contributed by atoms with van der Waals surface area (Å²) in [6.45, 7) is 0.351. The Morgan fingerprint density at radius 1 is 1.35 bits per heavy atom. The second kappa shape index (κ2) is 6.95. The van der Waals surface area contributed by atoms with Crippen LogP contribution in [0.15, 0.2) is 18.2 Å². The Morgan fingerprint density at radius 3 is 2.70 bits per heavy atom. The monoisotopic (exact) mass is 295 g/mol. The van der Waals surface area contributed by atoms with Crippen molar-refractivity contribution in [3.63, 3.8) is 0 Å². The number of carbonyl (C=O) groups is 1. The van der Waals surface area contributed by atoms with E-state index < -0.39 is 0 Å². The first-order valence-corrected chi connectivity index (χ1v) is 7.45. The van der Waals surface area contributed by atoms with Crippen LogP contribution in [0.1, 0.15) is 25.7 Å². The summed E-state index contributed by atoms with van der Waals surface area (Å²) < 4.78 is 0. The Hall–Kier alpha value is -1.26. The molecule has 0 spiro atoms. The van der Waals surface area contributed by atoms with Gasteiger partial charge >= 0.3 is 0 Å². The molecule has 1 aliphatic carbocycles. The standard InChI is InChI=1S/C15H22ClN3O/c1-19(2)15-12(16)8-5-9-13(15)18-14(20)10-17-11-6-3-4-7-11/h5,8-9,11,17H,3-4,6-7,10H2,1-2H3,(H,18,20). The third kappa shape index (κ3) is 3.87. The molecule has 4 nitrogen and oxygen atoms in total. The van der Waals surface area contributed by atoms with E-state index >= 15 is 0 Å². The summed E-state index contributed by atoms with van der Waals surface area (Å²) >= 11 is 6.18. The molecule has 0 aromatic heterocycles. The first kappa shape index (κ1) is 15.1. The normalized spacial score (nSPS) is 15.3. The summed E-state index contributed by atoms with van der Waals surface area (Å²) in [5.41, 5.74) is 1.59. The molecular formula is C15H22ClN3O. The number of anilines is 2. The highest BCUT2D eigenvalue weighted by Crippen LogP contribution is 2.32. The molecule has 1 saturated carbocycles. The topological polar surface area (TPSA) is 44.4 Å². The number of rotatable bonds is 5. The van der Waals surface area contributed by atoms with E-state index in [0.29, 0.717) is 17.6 Å². The zero-order chi connectivity index (χ0) is 14.5. The summed E-state index contributed by atoms with van der Waals surface area (Å²) in [6, 6.07) is 6.03. The van der Waals surface area contributed by atoms with Crippen molar-refractivity contribution in [2.45, 2.75) is 31.7 Å². The fourth-order valence-corrected chi connectivity index (χ4v) is 2.98. The Kier molecular flexibility index (Phi) is 5.26. The Bertz CT molecular complexity index is 470. The maximum Gasteiger partial charge on any atom is 0.238 e. The molecule has 2 N–H and O–H groups in total. The van der Waals surface area contributed by atoms with Crippen LogP contribution in [0.2, 0.25) is 5.02 Å². The van der Waals surface area contributed by atoms with Crippen molar-refractivity contribution < 1.29 is 4.79 Å². The number of amides is 1. The van der Waals surface area contributed by atoms with E-state index in [2.05, 4.69) is 10.6 Å². The number of para-hydroxylation sites is 1. The fraction of sp³-hybridized carbons (Fsp3) is 0.533. The van der Waals surface area contributed by atoms with Crippen molar-refractivity contribution in [1.82, 2.24) is 5.32 Å². The summed E-state index contributed by atoms with van der Waals surface area (Å²) in [5.74, 6) is -0.0257. The molecule has 2 rings (SSSR count). The maximum atomic E-state index is 12.0. The summed E-state index contributed by atoms with van der Waals surface area (Å²) in [6.07, 6.45) is 4.87. The van der Waals surface area contributed by atoms with Crippen LogP contribution in [0.3, 0.4) is 0 Å². The quantitative estimate of drug-likeness (QED) is 0.878. The van der Waals surface area contributed by atoms with E-state index in [0.717, 1.165) is 11.4 Å². The average Bonchev–Trinajstić information content (AvgIpc) is 2.89. The molecule has 0 heterocycles. The van der Waals surface area contributed by atoms with E-state index in [1.54, 1.807) is 0 Å². The van der Waals surface area contributed by atoms with E-state index in [9.17, 15) is 4.79 Å². The highest BCUT2D eigenvalue weighted by atomic mass is 35.5. The van der Waals surface area contributed by atoms with Gasteiger partial charge in [0, 0.05) is 20.1 Å². The van der Waals surface area contributed by atoms with E-state index in [1.807, 2.05) is 37.2 Å². The molecule has 110 valence electrons. The van der Waals surface area contributed by atoms with Crippen LogP contribution < -0.4 is 15.5 Å². The zero-order valence-corrected chi connectivity index (χ0v) is 12.8. The van der Waals surface area contributed by atoms with Gasteiger partial charge in [-0.2, -0.15) is 0 Å². The SMILES string of the molecule is CN(C)c1c(Cl)cccc1NC(=O)CNC1CCCC1. The van der Waals surface area contributed by atoms with Crippen molar-refractivity contribution in [2.24, 2.45) is 0 Å². The Labute approximate surface area is 125 Å². The van der Waals surface area contributed by atoms with Crippen LogP contribution in [0.25, 0.3) is 0 Å². The lowest BCUT2D eigenvalue weighted by Crippen LogP contribution is -2.34. The summed E-state index contributed by atoms with van der Waals surface area (Å²) in [7, 11) is 3.82. The van der Waals surface area contributed by atoms with Crippen LogP contribution in [0.5, 0.6) is 0 Å². The van der Waals surface area contributed by atoms with Crippen LogP contribution in [0, 0.1) is 0 Å². The minimum atomic E-state index is -0.0257. The van der Waals surface area contributed by atoms with Crippen LogP contribution in [-0.4, -0.2) is 32.6 Å². The van der Waals surface area contributed by atoms with Crippen molar-refractivity contribution >= 4 is 28.9 Å². The van der Waals surface area contributed by atoms with Gasteiger partial charge in [0.25, 0.3) is 0 Å². The largest absolute Gasteiger partial charge is 0.375 e.